The molecule has 0 aliphatic heterocycles. The van der Waals surface area contributed by atoms with E-state index in [1.54, 1.807) is 9.70 Å². The van der Waals surface area contributed by atoms with E-state index in [4.69, 9.17) is 5.73 Å². The normalized spacial score (nSPS) is 10.7. The number of amides is 1. The summed E-state index contributed by atoms with van der Waals surface area (Å²) in [5, 5.41) is 0. The van der Waals surface area contributed by atoms with Crippen molar-refractivity contribution in [3.8, 4) is 0 Å². The molecule has 1 aromatic rings. The van der Waals surface area contributed by atoms with E-state index in [0.717, 1.165) is 11.3 Å². The van der Waals surface area contributed by atoms with Crippen LogP contribution in [0.5, 0.6) is 0 Å². The average Bonchev–Trinajstić information content (AvgIpc) is 2.15. The molecule has 1 aromatic heterocycles. The number of rotatable bonds is 2. The summed E-state index contributed by atoms with van der Waals surface area (Å²) in [5.41, 5.74) is 7.75. The molecular weight excluding hydrogens is 307 g/mol. The Morgan fingerprint density at radius 3 is 2.20 bits per heavy atom. The monoisotopic (exact) mass is 321 g/mol. The van der Waals surface area contributed by atoms with Gasteiger partial charge in [0.2, 0.25) is 0 Å². The Bertz CT molecular complexity index is 477. The summed E-state index contributed by atoms with van der Waals surface area (Å²) in [4.78, 5) is 25.1. The quantitative estimate of drug-likeness (QED) is 0.478. The van der Waals surface area contributed by atoms with Crippen molar-refractivity contribution in [2.24, 2.45) is 5.73 Å². The van der Waals surface area contributed by atoms with Crippen molar-refractivity contribution in [2.75, 3.05) is 4.93 Å². The molecule has 0 spiro atoms. The van der Waals surface area contributed by atoms with Crippen LogP contribution in [0.4, 0.5) is 0 Å². The van der Waals surface area contributed by atoms with Crippen LogP contribution in [-0.2, 0) is 0 Å². The van der Waals surface area contributed by atoms with Gasteiger partial charge in [-0.3, -0.25) is 0 Å². The molecule has 0 bridgehead atoms. The first kappa shape index (κ1) is 12.2. The first-order chi connectivity index (χ1) is 6.91. The van der Waals surface area contributed by atoms with Crippen LogP contribution in [-0.4, -0.2) is 13.6 Å². The minimum atomic E-state index is -0.633. The summed E-state index contributed by atoms with van der Waals surface area (Å²) in [5.74, 6) is -0.633. The second-order valence-corrected chi connectivity index (χ2v) is 5.26. The van der Waals surface area contributed by atoms with Crippen LogP contribution in [0.15, 0.2) is 4.79 Å². The maximum atomic E-state index is 11.9. The number of halogens is 1. The molecule has 1 rings (SSSR count). The number of nitrogens with two attached hydrogens (primary N) is 1. The number of carbonyl (C=O) groups is 1. The fourth-order valence-electron chi connectivity index (χ4n) is 1.51. The number of nitrogens with zero attached hydrogens (tertiary/aromatic N) is 1. The van der Waals surface area contributed by atoms with Gasteiger partial charge in [0.15, 0.2) is 0 Å². The minimum absolute atomic E-state index is 0.139. The van der Waals surface area contributed by atoms with Gasteiger partial charge in [0.05, 0.1) is 0 Å². The molecular formula is C10H14IN2O2-. The Kier molecular flexibility index (Phi) is 3.54. The Balaban J connectivity index is 3.77. The molecule has 0 unspecified atom stereocenters. The second-order valence-electron chi connectivity index (χ2n) is 3.33. The van der Waals surface area contributed by atoms with Crippen molar-refractivity contribution in [3.63, 3.8) is 0 Å². The molecule has 0 saturated carbocycles. The summed E-state index contributed by atoms with van der Waals surface area (Å²) < 4.78 is 1.68. The van der Waals surface area contributed by atoms with Gasteiger partial charge in [-0.2, -0.15) is 0 Å². The van der Waals surface area contributed by atoms with E-state index in [0.29, 0.717) is 5.56 Å². The fraction of sp³-hybridized carbons (Fsp3) is 0.400. The van der Waals surface area contributed by atoms with Crippen molar-refractivity contribution >= 4 is 5.91 Å². The maximum absolute atomic E-state index is 11.9. The molecule has 5 heteroatoms. The Labute approximate surface area is 99.1 Å². The average molecular weight is 321 g/mol. The van der Waals surface area contributed by atoms with E-state index in [-0.39, 0.29) is 11.1 Å². The van der Waals surface area contributed by atoms with Crippen LogP contribution in [0.25, 0.3) is 0 Å². The molecule has 4 nitrogen and oxygen atoms in total. The van der Waals surface area contributed by atoms with Gasteiger partial charge in [-0.25, -0.2) is 0 Å². The molecule has 0 fully saturated rings. The molecule has 15 heavy (non-hydrogen) atoms. The van der Waals surface area contributed by atoms with Crippen LogP contribution >= 0.6 is 0 Å². The molecule has 0 aliphatic carbocycles. The number of pyridine rings is 1. The topological polar surface area (TPSA) is 65.1 Å². The predicted molar refractivity (Wildman–Crippen MR) is 54.8 cm³/mol. The third kappa shape index (κ3) is 1.92. The van der Waals surface area contributed by atoms with E-state index in [1.807, 2.05) is 18.8 Å². The molecule has 0 aliphatic rings. The summed E-state index contributed by atoms with van der Waals surface area (Å²) >= 11 is -0.410. The Hall–Kier alpha value is -0.850. The zero-order valence-electron chi connectivity index (χ0n) is 9.22. The van der Waals surface area contributed by atoms with Crippen molar-refractivity contribution in [3.05, 3.63) is 32.7 Å². The zero-order chi connectivity index (χ0) is 11.7. The van der Waals surface area contributed by atoms with Gasteiger partial charge in [0.25, 0.3) is 0 Å². The third-order valence-electron chi connectivity index (χ3n) is 2.58. The standard InChI is InChI=1S/C10H14IN2O2/c1-5-6(2)8(9(12)14)10(15)13(11-4)7(5)3/h1-4H3,(H2,12,14)/q-1. The summed E-state index contributed by atoms with van der Waals surface area (Å²) in [6.45, 7) is 5.58. The van der Waals surface area contributed by atoms with Crippen LogP contribution in [0.1, 0.15) is 27.2 Å². The van der Waals surface area contributed by atoms with Crippen LogP contribution in [0, 0.1) is 20.8 Å². The van der Waals surface area contributed by atoms with Crippen molar-refractivity contribution in [2.45, 2.75) is 20.8 Å². The Morgan fingerprint density at radius 2 is 1.80 bits per heavy atom. The van der Waals surface area contributed by atoms with E-state index in [2.05, 4.69) is 0 Å². The van der Waals surface area contributed by atoms with Crippen molar-refractivity contribution < 1.29 is 26.3 Å². The van der Waals surface area contributed by atoms with Crippen molar-refractivity contribution in [1.82, 2.24) is 2.78 Å². The molecule has 1 heterocycles. The van der Waals surface area contributed by atoms with E-state index in [1.165, 1.54) is 0 Å². The van der Waals surface area contributed by atoms with Gasteiger partial charge in [-0.05, 0) is 0 Å². The summed E-state index contributed by atoms with van der Waals surface area (Å²) in [6, 6.07) is 0. The fourth-order valence-corrected chi connectivity index (χ4v) is 3.28. The third-order valence-corrected chi connectivity index (χ3v) is 4.71. The molecule has 0 radical (unpaired) electrons. The molecule has 0 saturated heterocycles. The number of hydrogen-bond acceptors (Lipinski definition) is 2. The second kappa shape index (κ2) is 4.34. The SMILES string of the molecule is C[I-]n1c(C)c(C)c(C)c(C(N)=O)c1=O. The number of carbonyl (C=O) groups excluding carboxylic acids is 1. The first-order valence-corrected chi connectivity index (χ1v) is 7.56. The molecule has 2 N–H and O–H groups in total. The van der Waals surface area contributed by atoms with E-state index >= 15 is 0 Å². The van der Waals surface area contributed by atoms with Crippen LogP contribution < -0.4 is 32.8 Å². The number of primary amides is 1. The van der Waals surface area contributed by atoms with Gasteiger partial charge >= 0.3 is 99.1 Å². The van der Waals surface area contributed by atoms with Gasteiger partial charge in [-0.15, -0.1) is 0 Å². The Morgan fingerprint density at radius 1 is 1.27 bits per heavy atom. The van der Waals surface area contributed by atoms with E-state index < -0.39 is 27.4 Å². The number of alkyl halides is 1. The summed E-state index contributed by atoms with van der Waals surface area (Å²) in [7, 11) is 0. The van der Waals surface area contributed by atoms with Gasteiger partial charge < -0.3 is 0 Å². The zero-order valence-corrected chi connectivity index (χ0v) is 11.4. The predicted octanol–water partition coefficient (Wildman–Crippen LogP) is -2.65. The molecule has 1 amide bonds. The van der Waals surface area contributed by atoms with Crippen molar-refractivity contribution in [1.29, 1.82) is 0 Å². The molecule has 0 atom stereocenters. The summed E-state index contributed by atoms with van der Waals surface area (Å²) in [6.07, 6.45) is 0. The van der Waals surface area contributed by atoms with E-state index in [9.17, 15) is 9.59 Å². The van der Waals surface area contributed by atoms with Gasteiger partial charge in [0.1, 0.15) is 0 Å². The van der Waals surface area contributed by atoms with Crippen LogP contribution in [0.2, 0.25) is 0 Å². The van der Waals surface area contributed by atoms with Gasteiger partial charge in [-0.1, -0.05) is 0 Å². The van der Waals surface area contributed by atoms with Gasteiger partial charge in [0, 0.05) is 0 Å². The molecule has 84 valence electrons. The molecule has 0 aromatic carbocycles. The first-order valence-electron chi connectivity index (χ1n) is 4.44. The number of hydrogen-bond donors (Lipinski definition) is 1. The number of aromatic nitrogens is 1. The van der Waals surface area contributed by atoms with Crippen LogP contribution in [0.3, 0.4) is 0 Å².